The maximum atomic E-state index is 13.4. The largest absolute Gasteiger partial charge is 0.338 e. The quantitative estimate of drug-likeness (QED) is 0.731. The zero-order valence-corrected chi connectivity index (χ0v) is 16.9. The van der Waals surface area contributed by atoms with Gasteiger partial charge in [-0.1, -0.05) is 57.0 Å². The molecule has 2 aliphatic rings. The van der Waals surface area contributed by atoms with E-state index in [1.807, 2.05) is 35.2 Å². The van der Waals surface area contributed by atoms with Gasteiger partial charge in [0.25, 0.3) is 5.91 Å². The molecule has 1 aromatic carbocycles. The molecule has 2 saturated heterocycles. The van der Waals surface area contributed by atoms with Crippen LogP contribution in [0.3, 0.4) is 0 Å². The average Bonchev–Trinajstić information content (AvgIpc) is 2.97. The molecule has 0 aliphatic carbocycles. The van der Waals surface area contributed by atoms with Crippen molar-refractivity contribution < 1.29 is 14.4 Å². The van der Waals surface area contributed by atoms with Crippen LogP contribution in [-0.2, 0) is 15.1 Å². The van der Waals surface area contributed by atoms with E-state index in [4.69, 9.17) is 0 Å². The Hall–Kier alpha value is -2.37. The highest BCUT2D eigenvalue weighted by Crippen LogP contribution is 2.34. The molecule has 1 N–H and O–H groups in total. The molecule has 2 aliphatic heterocycles. The van der Waals surface area contributed by atoms with Gasteiger partial charge in [-0.05, 0) is 37.7 Å². The van der Waals surface area contributed by atoms with Gasteiger partial charge >= 0.3 is 6.03 Å². The van der Waals surface area contributed by atoms with E-state index in [1.165, 1.54) is 0 Å². The van der Waals surface area contributed by atoms with Crippen LogP contribution in [0.4, 0.5) is 4.79 Å². The van der Waals surface area contributed by atoms with E-state index in [2.05, 4.69) is 19.2 Å². The minimum atomic E-state index is -1.07. The molecule has 2 heterocycles. The van der Waals surface area contributed by atoms with Crippen molar-refractivity contribution in [1.82, 2.24) is 15.1 Å². The number of nitrogens with zero attached hydrogens (tertiary/aromatic N) is 2. The van der Waals surface area contributed by atoms with Crippen molar-refractivity contribution >= 4 is 17.8 Å². The van der Waals surface area contributed by atoms with Crippen molar-refractivity contribution in [3.8, 4) is 0 Å². The van der Waals surface area contributed by atoms with Crippen LogP contribution in [0.5, 0.6) is 0 Å². The number of hydrogen-bond donors (Lipinski definition) is 1. The molecule has 28 heavy (non-hydrogen) atoms. The fourth-order valence-corrected chi connectivity index (χ4v) is 4.42. The second-order valence-corrected chi connectivity index (χ2v) is 7.84. The molecular formula is C22H31N3O3. The van der Waals surface area contributed by atoms with Gasteiger partial charge in [-0.15, -0.1) is 0 Å². The van der Waals surface area contributed by atoms with Crippen LogP contribution in [-0.4, -0.2) is 46.8 Å². The Morgan fingerprint density at radius 3 is 2.61 bits per heavy atom. The molecular weight excluding hydrogens is 354 g/mol. The standard InChI is InChI=1S/C22H31N3O3/c1-3-5-14-22(17-11-7-6-8-12-17)20(27)25(21(28)23-22)16-19(26)24-15-10-9-13-18(24)4-2/h6-8,11-12,18H,3-5,9-10,13-16H2,1-2H3,(H,23,28). The second kappa shape index (κ2) is 8.76. The fourth-order valence-electron chi connectivity index (χ4n) is 4.42. The number of carbonyl (C=O) groups is 3. The van der Waals surface area contributed by atoms with E-state index in [9.17, 15) is 14.4 Å². The third-order valence-corrected chi connectivity index (χ3v) is 6.06. The maximum absolute atomic E-state index is 13.4. The first kappa shape index (κ1) is 20.4. The second-order valence-electron chi connectivity index (χ2n) is 7.84. The van der Waals surface area contributed by atoms with Crippen molar-refractivity contribution in [2.45, 2.75) is 70.4 Å². The lowest BCUT2D eigenvalue weighted by Crippen LogP contribution is -2.49. The van der Waals surface area contributed by atoms with Gasteiger partial charge in [0, 0.05) is 12.6 Å². The predicted octanol–water partition coefficient (Wildman–Crippen LogP) is 3.42. The average molecular weight is 386 g/mol. The third-order valence-electron chi connectivity index (χ3n) is 6.06. The molecule has 0 spiro atoms. The molecule has 2 atom stereocenters. The molecule has 6 nitrogen and oxygen atoms in total. The number of hydrogen-bond acceptors (Lipinski definition) is 3. The monoisotopic (exact) mass is 385 g/mol. The van der Waals surface area contributed by atoms with Crippen LogP contribution < -0.4 is 5.32 Å². The minimum absolute atomic E-state index is 0.130. The van der Waals surface area contributed by atoms with Gasteiger partial charge in [0.15, 0.2) is 0 Å². The molecule has 6 heteroatoms. The van der Waals surface area contributed by atoms with Gasteiger partial charge < -0.3 is 10.2 Å². The Balaban J connectivity index is 1.82. The molecule has 0 saturated carbocycles. The number of rotatable bonds is 7. The van der Waals surface area contributed by atoms with Crippen molar-refractivity contribution in [2.24, 2.45) is 0 Å². The molecule has 0 bridgehead atoms. The van der Waals surface area contributed by atoms with Gasteiger partial charge in [0.2, 0.25) is 5.91 Å². The first-order chi connectivity index (χ1) is 13.5. The Labute approximate surface area is 167 Å². The van der Waals surface area contributed by atoms with Gasteiger partial charge in [0.1, 0.15) is 12.1 Å². The van der Waals surface area contributed by atoms with Crippen LogP contribution in [0.15, 0.2) is 30.3 Å². The zero-order valence-electron chi connectivity index (χ0n) is 16.9. The summed E-state index contributed by atoms with van der Waals surface area (Å²) in [4.78, 5) is 42.0. The van der Waals surface area contributed by atoms with Crippen molar-refractivity contribution in [1.29, 1.82) is 0 Å². The minimum Gasteiger partial charge on any atom is -0.338 e. The van der Waals surface area contributed by atoms with E-state index in [0.29, 0.717) is 13.0 Å². The van der Waals surface area contributed by atoms with E-state index in [-0.39, 0.29) is 24.4 Å². The zero-order chi connectivity index (χ0) is 20.1. The summed E-state index contributed by atoms with van der Waals surface area (Å²) in [6.45, 7) is 4.67. The smallest absolute Gasteiger partial charge is 0.325 e. The summed E-state index contributed by atoms with van der Waals surface area (Å²) in [6, 6.07) is 9.12. The van der Waals surface area contributed by atoms with Gasteiger partial charge in [-0.25, -0.2) is 4.79 Å². The van der Waals surface area contributed by atoms with E-state index in [1.54, 1.807) is 0 Å². The summed E-state index contributed by atoms with van der Waals surface area (Å²) in [6.07, 6.45) is 6.26. The van der Waals surface area contributed by atoms with Gasteiger partial charge in [-0.2, -0.15) is 0 Å². The highest BCUT2D eigenvalue weighted by Gasteiger charge is 2.52. The maximum Gasteiger partial charge on any atom is 0.325 e. The SMILES string of the molecule is CCCCC1(c2ccccc2)NC(=O)N(CC(=O)N2CCCCC2CC)C1=O. The molecule has 4 amide bonds. The Bertz CT molecular complexity index is 721. The molecule has 0 aromatic heterocycles. The molecule has 2 fully saturated rings. The topological polar surface area (TPSA) is 69.7 Å². The normalized spacial score (nSPS) is 25.1. The Morgan fingerprint density at radius 1 is 1.18 bits per heavy atom. The lowest BCUT2D eigenvalue weighted by Gasteiger charge is -2.36. The number of urea groups is 1. The molecule has 1 aromatic rings. The molecule has 2 unspecified atom stereocenters. The predicted molar refractivity (Wildman–Crippen MR) is 108 cm³/mol. The summed E-state index contributed by atoms with van der Waals surface area (Å²) in [7, 11) is 0. The van der Waals surface area contributed by atoms with Crippen molar-refractivity contribution in [3.63, 3.8) is 0 Å². The number of nitrogens with one attached hydrogen (secondary N) is 1. The number of imide groups is 1. The number of unbranched alkanes of at least 4 members (excludes halogenated alkanes) is 1. The molecule has 152 valence electrons. The van der Waals surface area contributed by atoms with Crippen LogP contribution in [0.2, 0.25) is 0 Å². The number of likely N-dealkylation sites (tertiary alicyclic amines) is 1. The van der Waals surface area contributed by atoms with Crippen LogP contribution in [0.25, 0.3) is 0 Å². The summed E-state index contributed by atoms with van der Waals surface area (Å²) in [5, 5.41) is 2.92. The number of carbonyl (C=O) groups excluding carboxylic acids is 3. The lowest BCUT2D eigenvalue weighted by molar-refractivity contribution is -0.141. The summed E-state index contributed by atoms with van der Waals surface area (Å²) in [5.41, 5.74) is -0.290. The Morgan fingerprint density at radius 2 is 1.93 bits per heavy atom. The van der Waals surface area contributed by atoms with E-state index >= 15 is 0 Å². The summed E-state index contributed by atoms with van der Waals surface area (Å²) < 4.78 is 0. The first-order valence-corrected chi connectivity index (χ1v) is 10.5. The van der Waals surface area contributed by atoms with Crippen molar-refractivity contribution in [3.05, 3.63) is 35.9 Å². The highest BCUT2D eigenvalue weighted by atomic mass is 16.2. The molecule has 0 radical (unpaired) electrons. The van der Waals surface area contributed by atoms with Crippen LogP contribution in [0.1, 0.15) is 64.4 Å². The van der Waals surface area contributed by atoms with Crippen LogP contribution >= 0.6 is 0 Å². The number of piperidine rings is 1. The van der Waals surface area contributed by atoms with Crippen LogP contribution in [0, 0.1) is 0 Å². The van der Waals surface area contributed by atoms with E-state index < -0.39 is 11.6 Å². The van der Waals surface area contributed by atoms with Gasteiger partial charge in [-0.3, -0.25) is 14.5 Å². The van der Waals surface area contributed by atoms with E-state index in [0.717, 1.165) is 49.0 Å². The third kappa shape index (κ3) is 3.77. The Kier molecular flexibility index (Phi) is 6.37. The van der Waals surface area contributed by atoms with Crippen molar-refractivity contribution in [2.75, 3.05) is 13.1 Å². The van der Waals surface area contributed by atoms with Gasteiger partial charge in [0.05, 0.1) is 0 Å². The first-order valence-electron chi connectivity index (χ1n) is 10.5. The number of benzene rings is 1. The number of amides is 4. The summed E-state index contributed by atoms with van der Waals surface area (Å²) in [5.74, 6) is -0.440. The lowest BCUT2D eigenvalue weighted by atomic mass is 9.85. The molecule has 3 rings (SSSR count). The summed E-state index contributed by atoms with van der Waals surface area (Å²) >= 11 is 0. The fraction of sp³-hybridized carbons (Fsp3) is 0.591. The highest BCUT2D eigenvalue weighted by molar-refractivity contribution is 6.09.